The Labute approximate surface area is 114 Å². The van der Waals surface area contributed by atoms with Crippen molar-refractivity contribution in [2.45, 2.75) is 38.3 Å². The predicted molar refractivity (Wildman–Crippen MR) is 72.8 cm³/mol. The number of nitrogens with one attached hydrogen (secondary N) is 1. The molecule has 1 aliphatic rings. The molecule has 0 bridgehead atoms. The second kappa shape index (κ2) is 6.93. The molecule has 1 unspecified atom stereocenters. The third-order valence-corrected chi connectivity index (χ3v) is 3.44. The molecule has 1 aromatic heterocycles. The zero-order valence-corrected chi connectivity index (χ0v) is 11.8. The van der Waals surface area contributed by atoms with Crippen LogP contribution in [0.1, 0.15) is 37.7 Å². The lowest BCUT2D eigenvalue weighted by atomic mass is 9.95. The maximum absolute atomic E-state index is 5.88. The van der Waals surface area contributed by atoms with Gasteiger partial charge in [-0.3, -0.25) is 0 Å². The molecule has 0 aromatic carbocycles. The number of rotatable bonds is 6. The molecule has 1 atom stereocenters. The van der Waals surface area contributed by atoms with Gasteiger partial charge in [0.15, 0.2) is 5.82 Å². The van der Waals surface area contributed by atoms with Gasteiger partial charge >= 0.3 is 0 Å². The van der Waals surface area contributed by atoms with E-state index in [1.165, 1.54) is 6.42 Å². The first kappa shape index (κ1) is 14.4. The third-order valence-electron chi connectivity index (χ3n) is 3.44. The Kier molecular flexibility index (Phi) is 5.24. The van der Waals surface area contributed by atoms with E-state index >= 15 is 0 Å². The zero-order chi connectivity index (χ0) is 13.6. The van der Waals surface area contributed by atoms with Crippen molar-refractivity contribution in [1.82, 2.24) is 15.3 Å². The second-order valence-corrected chi connectivity index (χ2v) is 5.08. The summed E-state index contributed by atoms with van der Waals surface area (Å²) >= 11 is 0. The molecule has 0 amide bonds. The molecule has 1 N–H and O–H groups in total. The standard InChI is InChI=1S/C14H23N3O2/c1-14(6-3-4-9-19-14)13-16-7-5-12(17-13)11-15-8-10-18-2/h5,7,15H,3-4,6,8-11H2,1-2H3. The van der Waals surface area contributed by atoms with Crippen LogP contribution in [0.25, 0.3) is 0 Å². The number of hydrogen-bond donors (Lipinski definition) is 1. The molecule has 0 saturated carbocycles. The quantitative estimate of drug-likeness (QED) is 0.792. The van der Waals surface area contributed by atoms with E-state index in [2.05, 4.69) is 22.2 Å². The van der Waals surface area contributed by atoms with E-state index in [0.29, 0.717) is 6.61 Å². The molecule has 1 saturated heterocycles. The number of hydrogen-bond acceptors (Lipinski definition) is 5. The van der Waals surface area contributed by atoms with Crippen LogP contribution < -0.4 is 5.32 Å². The first-order chi connectivity index (χ1) is 9.24. The maximum atomic E-state index is 5.88. The lowest BCUT2D eigenvalue weighted by Gasteiger charge is -2.32. The minimum atomic E-state index is -0.319. The zero-order valence-electron chi connectivity index (χ0n) is 11.8. The maximum Gasteiger partial charge on any atom is 0.160 e. The number of nitrogens with zero attached hydrogens (tertiary/aromatic N) is 2. The highest BCUT2D eigenvalue weighted by Crippen LogP contribution is 2.32. The summed E-state index contributed by atoms with van der Waals surface area (Å²) in [5.74, 6) is 0.804. The van der Waals surface area contributed by atoms with Gasteiger partial charge in [-0.05, 0) is 32.3 Å². The van der Waals surface area contributed by atoms with Gasteiger partial charge in [0.05, 0.1) is 12.3 Å². The molecule has 0 spiro atoms. The topological polar surface area (TPSA) is 56.3 Å². The molecule has 2 heterocycles. The molecule has 106 valence electrons. The number of ether oxygens (including phenoxy) is 2. The van der Waals surface area contributed by atoms with Crippen LogP contribution in [0.4, 0.5) is 0 Å². The minimum absolute atomic E-state index is 0.319. The van der Waals surface area contributed by atoms with Crippen LogP contribution in [0.3, 0.4) is 0 Å². The van der Waals surface area contributed by atoms with Crippen LogP contribution in [0.2, 0.25) is 0 Å². The molecule has 19 heavy (non-hydrogen) atoms. The largest absolute Gasteiger partial charge is 0.383 e. The summed E-state index contributed by atoms with van der Waals surface area (Å²) in [5.41, 5.74) is 0.678. The second-order valence-electron chi connectivity index (χ2n) is 5.08. The molecule has 1 aromatic rings. The highest BCUT2D eigenvalue weighted by molar-refractivity contribution is 5.08. The van der Waals surface area contributed by atoms with E-state index in [1.807, 2.05) is 12.3 Å². The van der Waals surface area contributed by atoms with Crippen LogP contribution in [-0.4, -0.2) is 36.8 Å². The van der Waals surface area contributed by atoms with E-state index in [4.69, 9.17) is 9.47 Å². The lowest BCUT2D eigenvalue weighted by Crippen LogP contribution is -2.32. The summed E-state index contributed by atoms with van der Waals surface area (Å²) in [7, 11) is 1.70. The van der Waals surface area contributed by atoms with Gasteiger partial charge in [-0.15, -0.1) is 0 Å². The van der Waals surface area contributed by atoms with Gasteiger partial charge in [-0.25, -0.2) is 9.97 Å². The minimum Gasteiger partial charge on any atom is -0.383 e. The van der Waals surface area contributed by atoms with Crippen molar-refractivity contribution in [1.29, 1.82) is 0 Å². The fraction of sp³-hybridized carbons (Fsp3) is 0.714. The Morgan fingerprint density at radius 3 is 3.11 bits per heavy atom. The SMILES string of the molecule is COCCNCc1ccnc(C2(C)CCCCO2)n1. The van der Waals surface area contributed by atoms with Crippen LogP contribution in [0, 0.1) is 0 Å². The van der Waals surface area contributed by atoms with Crippen LogP contribution in [-0.2, 0) is 21.6 Å². The van der Waals surface area contributed by atoms with Crippen molar-refractivity contribution in [2.75, 3.05) is 26.9 Å². The van der Waals surface area contributed by atoms with Gasteiger partial charge in [-0.1, -0.05) is 0 Å². The van der Waals surface area contributed by atoms with Gasteiger partial charge in [0.2, 0.25) is 0 Å². The van der Waals surface area contributed by atoms with Gasteiger partial charge in [0.1, 0.15) is 5.60 Å². The van der Waals surface area contributed by atoms with Crippen molar-refractivity contribution >= 4 is 0 Å². The van der Waals surface area contributed by atoms with Gasteiger partial charge in [0.25, 0.3) is 0 Å². The molecular formula is C14H23N3O2. The van der Waals surface area contributed by atoms with Crippen molar-refractivity contribution in [2.24, 2.45) is 0 Å². The van der Waals surface area contributed by atoms with Crippen LogP contribution >= 0.6 is 0 Å². The summed E-state index contributed by atoms with van der Waals surface area (Å²) in [4.78, 5) is 9.02. The molecule has 1 fully saturated rings. The summed E-state index contributed by atoms with van der Waals surface area (Å²) in [6.45, 7) is 5.15. The van der Waals surface area contributed by atoms with E-state index in [1.54, 1.807) is 7.11 Å². The summed E-state index contributed by atoms with van der Waals surface area (Å²) in [5, 5.41) is 3.29. The highest BCUT2D eigenvalue weighted by Gasteiger charge is 2.32. The van der Waals surface area contributed by atoms with E-state index < -0.39 is 0 Å². The number of aromatic nitrogens is 2. The number of methoxy groups -OCH3 is 1. The first-order valence-corrected chi connectivity index (χ1v) is 6.90. The Morgan fingerprint density at radius 2 is 2.37 bits per heavy atom. The Hall–Kier alpha value is -1.04. The summed E-state index contributed by atoms with van der Waals surface area (Å²) in [6, 6.07) is 1.94. The molecule has 1 aliphatic heterocycles. The fourth-order valence-electron chi connectivity index (χ4n) is 2.25. The average molecular weight is 265 g/mol. The Bertz CT molecular complexity index is 392. The monoisotopic (exact) mass is 265 g/mol. The van der Waals surface area contributed by atoms with Crippen molar-refractivity contribution in [3.63, 3.8) is 0 Å². The van der Waals surface area contributed by atoms with E-state index in [9.17, 15) is 0 Å². The van der Waals surface area contributed by atoms with Crippen molar-refractivity contribution in [3.8, 4) is 0 Å². The van der Waals surface area contributed by atoms with E-state index in [-0.39, 0.29) is 5.60 Å². The predicted octanol–water partition coefficient (Wildman–Crippen LogP) is 1.63. The lowest BCUT2D eigenvalue weighted by molar-refractivity contribution is -0.0761. The van der Waals surface area contributed by atoms with Gasteiger partial charge in [0, 0.05) is 33.0 Å². The molecular weight excluding hydrogens is 242 g/mol. The van der Waals surface area contributed by atoms with Crippen LogP contribution in [0.15, 0.2) is 12.3 Å². The normalized spacial score (nSPS) is 23.5. The molecule has 5 nitrogen and oxygen atoms in total. The van der Waals surface area contributed by atoms with Crippen molar-refractivity contribution in [3.05, 3.63) is 23.8 Å². The molecule has 5 heteroatoms. The van der Waals surface area contributed by atoms with Gasteiger partial charge in [-0.2, -0.15) is 0 Å². The Morgan fingerprint density at radius 1 is 1.47 bits per heavy atom. The molecule has 0 radical (unpaired) electrons. The molecule has 0 aliphatic carbocycles. The summed E-state index contributed by atoms with van der Waals surface area (Å²) < 4.78 is 10.9. The fourth-order valence-corrected chi connectivity index (χ4v) is 2.25. The molecule has 2 rings (SSSR count). The van der Waals surface area contributed by atoms with Crippen molar-refractivity contribution < 1.29 is 9.47 Å². The highest BCUT2D eigenvalue weighted by atomic mass is 16.5. The Balaban J connectivity index is 1.98. The van der Waals surface area contributed by atoms with E-state index in [0.717, 1.165) is 44.1 Å². The smallest absolute Gasteiger partial charge is 0.160 e. The first-order valence-electron chi connectivity index (χ1n) is 6.90. The summed E-state index contributed by atoms with van der Waals surface area (Å²) in [6.07, 6.45) is 5.12. The third kappa shape index (κ3) is 3.96. The van der Waals surface area contributed by atoms with Gasteiger partial charge < -0.3 is 14.8 Å². The average Bonchev–Trinajstić information content (AvgIpc) is 2.45. The van der Waals surface area contributed by atoms with Crippen LogP contribution in [0.5, 0.6) is 0 Å².